The van der Waals surface area contributed by atoms with E-state index in [1.54, 1.807) is 0 Å². The lowest BCUT2D eigenvalue weighted by Gasteiger charge is -2.36. The van der Waals surface area contributed by atoms with Crippen molar-refractivity contribution in [1.29, 1.82) is 0 Å². The Kier molecular flexibility index (Phi) is 4.33. The number of carbonyl (C=O) groups excluding carboxylic acids is 1. The number of nitrogens with zero attached hydrogens (tertiary/aromatic N) is 4. The molecule has 0 aromatic carbocycles. The van der Waals surface area contributed by atoms with Crippen LogP contribution in [0.1, 0.15) is 82.0 Å². The van der Waals surface area contributed by atoms with Crippen molar-refractivity contribution in [1.82, 2.24) is 19.7 Å². The number of rotatable bonds is 4. The van der Waals surface area contributed by atoms with Gasteiger partial charge in [-0.2, -0.15) is 0 Å². The van der Waals surface area contributed by atoms with Gasteiger partial charge < -0.3 is 14.6 Å². The summed E-state index contributed by atoms with van der Waals surface area (Å²) in [6, 6.07) is 0.607. The highest BCUT2D eigenvalue weighted by molar-refractivity contribution is 5.77. The number of hydrogen-bond donors (Lipinski definition) is 1. The molecule has 0 unspecified atom stereocenters. The topological polar surface area (TPSA) is 71.2 Å². The molecule has 1 aliphatic heterocycles. The maximum atomic E-state index is 12.6. The number of amides is 1. The van der Waals surface area contributed by atoms with Gasteiger partial charge in [-0.05, 0) is 38.5 Å². The van der Waals surface area contributed by atoms with Crippen molar-refractivity contribution < 1.29 is 9.90 Å². The summed E-state index contributed by atoms with van der Waals surface area (Å²) in [6.07, 6.45) is 11.4. The molecule has 1 amide bonds. The Morgan fingerprint density at radius 1 is 1.17 bits per heavy atom. The van der Waals surface area contributed by atoms with Crippen LogP contribution in [-0.2, 0) is 4.79 Å². The quantitative estimate of drug-likeness (QED) is 0.919. The minimum Gasteiger partial charge on any atom is -0.389 e. The fourth-order valence-electron chi connectivity index (χ4n) is 4.34. The molecule has 0 bridgehead atoms. The van der Waals surface area contributed by atoms with Crippen molar-refractivity contribution in [3.8, 4) is 0 Å². The second kappa shape index (κ2) is 6.47. The van der Waals surface area contributed by atoms with Gasteiger partial charge in [0.15, 0.2) is 0 Å². The Morgan fingerprint density at radius 3 is 2.54 bits per heavy atom. The van der Waals surface area contributed by atoms with Crippen molar-refractivity contribution in [2.75, 3.05) is 13.1 Å². The molecule has 24 heavy (non-hydrogen) atoms. The van der Waals surface area contributed by atoms with Crippen molar-refractivity contribution >= 4 is 5.91 Å². The number of likely N-dealkylation sites (tertiary alicyclic amines) is 1. The molecular formula is C18H28N4O2. The summed E-state index contributed by atoms with van der Waals surface area (Å²) < 4.78 is 2.24. The van der Waals surface area contributed by atoms with Crippen LogP contribution in [0.2, 0.25) is 0 Å². The lowest BCUT2D eigenvalue weighted by molar-refractivity contribution is -0.138. The van der Waals surface area contributed by atoms with E-state index in [1.165, 1.54) is 19.3 Å². The number of aliphatic hydroxyl groups is 1. The molecule has 0 atom stereocenters. The largest absolute Gasteiger partial charge is 0.389 e. The van der Waals surface area contributed by atoms with Crippen molar-refractivity contribution in [3.05, 3.63) is 12.2 Å². The molecule has 0 radical (unpaired) electrons. The van der Waals surface area contributed by atoms with Crippen LogP contribution in [0.4, 0.5) is 0 Å². The third-order valence-electron chi connectivity index (χ3n) is 6.02. The van der Waals surface area contributed by atoms with Gasteiger partial charge in [-0.15, -0.1) is 10.2 Å². The average Bonchev–Trinajstić information content (AvgIpc) is 3.32. The van der Waals surface area contributed by atoms with Crippen molar-refractivity contribution in [3.63, 3.8) is 0 Å². The lowest BCUT2D eigenvalue weighted by Crippen LogP contribution is -2.43. The first kappa shape index (κ1) is 16.1. The molecule has 2 aliphatic carbocycles. The Labute approximate surface area is 143 Å². The zero-order valence-electron chi connectivity index (χ0n) is 14.4. The Balaban J connectivity index is 1.32. The first-order valence-corrected chi connectivity index (χ1v) is 9.54. The number of piperidine rings is 1. The van der Waals surface area contributed by atoms with Gasteiger partial charge >= 0.3 is 0 Å². The zero-order valence-corrected chi connectivity index (χ0v) is 14.4. The molecule has 132 valence electrons. The van der Waals surface area contributed by atoms with Gasteiger partial charge in [0.2, 0.25) is 5.91 Å². The zero-order chi connectivity index (χ0) is 16.6. The number of aromatic nitrogens is 3. The summed E-state index contributed by atoms with van der Waals surface area (Å²) in [5.41, 5.74) is -0.752. The summed E-state index contributed by atoms with van der Waals surface area (Å²) in [6.45, 7) is 1.55. The monoisotopic (exact) mass is 332 g/mol. The molecule has 6 nitrogen and oxygen atoms in total. The summed E-state index contributed by atoms with van der Waals surface area (Å²) in [5.74, 6) is 1.65. The fraction of sp³-hybridized carbons (Fsp3) is 0.833. The molecular weight excluding hydrogens is 304 g/mol. The summed E-state index contributed by atoms with van der Waals surface area (Å²) in [5, 5.41) is 19.1. The highest BCUT2D eigenvalue weighted by atomic mass is 16.3. The molecule has 4 rings (SSSR count). The number of carbonyl (C=O) groups is 1. The highest BCUT2D eigenvalue weighted by Crippen LogP contribution is 2.38. The van der Waals surface area contributed by atoms with E-state index in [9.17, 15) is 9.90 Å². The van der Waals surface area contributed by atoms with Crippen LogP contribution in [0.3, 0.4) is 0 Å². The second-order valence-corrected chi connectivity index (χ2v) is 7.94. The van der Waals surface area contributed by atoms with Gasteiger partial charge in [0.05, 0.1) is 12.0 Å². The fourth-order valence-corrected chi connectivity index (χ4v) is 4.34. The molecule has 2 heterocycles. The summed E-state index contributed by atoms with van der Waals surface area (Å²) in [4.78, 5) is 14.5. The van der Waals surface area contributed by atoms with Crippen LogP contribution in [0.5, 0.6) is 0 Å². The van der Waals surface area contributed by atoms with E-state index < -0.39 is 5.60 Å². The SMILES string of the molecule is O=C(CC1(O)CCCCC1)N1CCC(c2nncn2C2CC2)CC1. The van der Waals surface area contributed by atoms with E-state index in [4.69, 9.17) is 0 Å². The van der Waals surface area contributed by atoms with E-state index in [2.05, 4.69) is 14.8 Å². The molecule has 2 saturated carbocycles. The summed E-state index contributed by atoms with van der Waals surface area (Å²) >= 11 is 0. The standard InChI is InChI=1S/C18H28N4O2/c23-16(12-18(24)8-2-1-3-9-18)21-10-6-14(7-11-21)17-20-19-13-22(17)15-4-5-15/h13-15,24H,1-12H2. The third-order valence-corrected chi connectivity index (χ3v) is 6.02. The minimum absolute atomic E-state index is 0.126. The van der Waals surface area contributed by atoms with E-state index >= 15 is 0 Å². The van der Waals surface area contributed by atoms with Gasteiger partial charge in [-0.1, -0.05) is 19.3 Å². The predicted octanol–water partition coefficient (Wildman–Crippen LogP) is 2.40. The Bertz CT molecular complexity index is 582. The van der Waals surface area contributed by atoms with E-state index in [-0.39, 0.29) is 5.91 Å². The van der Waals surface area contributed by atoms with Crippen LogP contribution in [0.25, 0.3) is 0 Å². The van der Waals surface area contributed by atoms with Crippen LogP contribution in [-0.4, -0.2) is 49.4 Å². The molecule has 1 N–H and O–H groups in total. The molecule has 6 heteroatoms. The van der Waals surface area contributed by atoms with Gasteiger partial charge in [-0.3, -0.25) is 4.79 Å². The molecule has 1 aromatic heterocycles. The average molecular weight is 332 g/mol. The minimum atomic E-state index is -0.752. The van der Waals surface area contributed by atoms with Crippen molar-refractivity contribution in [2.45, 2.75) is 81.8 Å². The van der Waals surface area contributed by atoms with Crippen LogP contribution < -0.4 is 0 Å². The number of hydrogen-bond acceptors (Lipinski definition) is 4. The third kappa shape index (κ3) is 3.34. The molecule has 0 spiro atoms. The smallest absolute Gasteiger partial charge is 0.225 e. The van der Waals surface area contributed by atoms with Crippen LogP contribution in [0.15, 0.2) is 6.33 Å². The molecule has 3 aliphatic rings. The van der Waals surface area contributed by atoms with Crippen molar-refractivity contribution in [2.24, 2.45) is 0 Å². The van der Waals surface area contributed by atoms with Crippen LogP contribution >= 0.6 is 0 Å². The first-order chi connectivity index (χ1) is 11.6. The molecule has 3 fully saturated rings. The van der Waals surface area contributed by atoms with Gasteiger partial charge in [0.1, 0.15) is 12.2 Å². The normalized spacial score (nSPS) is 25.0. The van der Waals surface area contributed by atoms with Gasteiger partial charge in [0.25, 0.3) is 0 Å². The Hall–Kier alpha value is -1.43. The van der Waals surface area contributed by atoms with E-state index in [1.807, 2.05) is 11.2 Å². The predicted molar refractivity (Wildman–Crippen MR) is 89.5 cm³/mol. The van der Waals surface area contributed by atoms with E-state index in [0.717, 1.165) is 57.4 Å². The van der Waals surface area contributed by atoms with Gasteiger partial charge in [-0.25, -0.2) is 0 Å². The molecule has 1 aromatic rings. The van der Waals surface area contributed by atoms with Gasteiger partial charge in [0, 0.05) is 25.0 Å². The first-order valence-electron chi connectivity index (χ1n) is 9.54. The summed E-state index contributed by atoms with van der Waals surface area (Å²) in [7, 11) is 0. The molecule has 1 saturated heterocycles. The van der Waals surface area contributed by atoms with E-state index in [0.29, 0.717) is 18.4 Å². The van der Waals surface area contributed by atoms with Crippen LogP contribution in [0, 0.1) is 0 Å². The maximum absolute atomic E-state index is 12.6. The lowest BCUT2D eigenvalue weighted by atomic mass is 9.82. The second-order valence-electron chi connectivity index (χ2n) is 7.94. The highest BCUT2D eigenvalue weighted by Gasteiger charge is 2.35. The Morgan fingerprint density at radius 2 is 1.88 bits per heavy atom. The maximum Gasteiger partial charge on any atom is 0.225 e.